The predicted molar refractivity (Wildman–Crippen MR) is 149 cm³/mol. The SMILES string of the molecule is C=CC(=O)Nc1cc(Nc2nccc(Nc3cc(Cl)c(F)cc3C(C)(O)C(F)(F)F)n2)c(OC)cc1N1CCCC1. The molecule has 4 rings (SSSR count). The van der Waals surface area contributed by atoms with Crippen molar-refractivity contribution >= 4 is 52.0 Å². The van der Waals surface area contributed by atoms with Crippen molar-refractivity contribution in [2.75, 3.05) is 41.0 Å². The van der Waals surface area contributed by atoms with Crippen LogP contribution in [0.4, 0.5) is 52.1 Å². The van der Waals surface area contributed by atoms with Crippen LogP contribution in [0.15, 0.2) is 49.2 Å². The van der Waals surface area contributed by atoms with Gasteiger partial charge in [-0.05, 0) is 50.1 Å². The summed E-state index contributed by atoms with van der Waals surface area (Å²) in [5.74, 6) is -1.10. The number of halogens is 5. The number of amides is 1. The maximum absolute atomic E-state index is 14.1. The number of hydrogen-bond acceptors (Lipinski definition) is 8. The molecule has 1 fully saturated rings. The minimum atomic E-state index is -5.11. The third kappa shape index (κ3) is 6.46. The second kappa shape index (κ2) is 11.8. The van der Waals surface area contributed by atoms with Gasteiger partial charge in [-0.3, -0.25) is 4.79 Å². The first-order valence-electron chi connectivity index (χ1n) is 12.4. The molecule has 1 unspecified atom stereocenters. The maximum Gasteiger partial charge on any atom is 0.421 e. The van der Waals surface area contributed by atoms with E-state index in [2.05, 4.69) is 37.4 Å². The first-order chi connectivity index (χ1) is 19.3. The second-order valence-electron chi connectivity index (χ2n) is 9.35. The first-order valence-corrected chi connectivity index (χ1v) is 12.8. The van der Waals surface area contributed by atoms with E-state index in [1.165, 1.54) is 19.4 Å². The number of carbonyl (C=O) groups excluding carboxylic acids is 1. The van der Waals surface area contributed by atoms with Crippen LogP contribution in [0.5, 0.6) is 5.75 Å². The van der Waals surface area contributed by atoms with Gasteiger partial charge in [-0.15, -0.1) is 0 Å². The van der Waals surface area contributed by atoms with Gasteiger partial charge in [0.15, 0.2) is 5.60 Å². The summed E-state index contributed by atoms with van der Waals surface area (Å²) >= 11 is 5.83. The maximum atomic E-state index is 14.1. The fourth-order valence-electron chi connectivity index (χ4n) is 4.29. The third-order valence-corrected chi connectivity index (χ3v) is 6.80. The van der Waals surface area contributed by atoms with Crippen molar-refractivity contribution in [3.05, 3.63) is 65.6 Å². The molecule has 218 valence electrons. The molecule has 1 atom stereocenters. The lowest BCUT2D eigenvalue weighted by molar-refractivity contribution is -0.258. The van der Waals surface area contributed by atoms with E-state index in [1.54, 1.807) is 12.1 Å². The fourth-order valence-corrected chi connectivity index (χ4v) is 4.46. The molecule has 1 aromatic heterocycles. The van der Waals surface area contributed by atoms with Crippen molar-refractivity contribution in [3.63, 3.8) is 0 Å². The Morgan fingerprint density at radius 1 is 1.15 bits per heavy atom. The number of carbonyl (C=O) groups is 1. The average molecular weight is 595 g/mol. The number of nitrogens with one attached hydrogen (secondary N) is 3. The van der Waals surface area contributed by atoms with Gasteiger partial charge in [0.2, 0.25) is 11.9 Å². The number of aromatic nitrogens is 2. The van der Waals surface area contributed by atoms with Gasteiger partial charge >= 0.3 is 6.18 Å². The van der Waals surface area contributed by atoms with Crippen LogP contribution in [-0.4, -0.2) is 47.4 Å². The molecule has 1 aliphatic heterocycles. The van der Waals surface area contributed by atoms with Crippen LogP contribution in [0.25, 0.3) is 0 Å². The number of rotatable bonds is 9. The number of hydrogen-bond donors (Lipinski definition) is 4. The summed E-state index contributed by atoms with van der Waals surface area (Å²) in [5.41, 5.74) is -2.86. The number of alkyl halides is 3. The van der Waals surface area contributed by atoms with Crippen LogP contribution in [0.2, 0.25) is 5.02 Å². The summed E-state index contributed by atoms with van der Waals surface area (Å²) in [7, 11) is 1.47. The van der Waals surface area contributed by atoms with Crippen molar-refractivity contribution in [1.29, 1.82) is 0 Å². The number of ether oxygens (including phenoxy) is 1. The Bertz CT molecular complexity index is 1460. The Balaban J connectivity index is 1.69. The Morgan fingerprint density at radius 3 is 2.49 bits per heavy atom. The molecule has 1 aliphatic rings. The minimum Gasteiger partial charge on any atom is -0.494 e. The zero-order valence-electron chi connectivity index (χ0n) is 22.1. The smallest absolute Gasteiger partial charge is 0.421 e. The zero-order chi connectivity index (χ0) is 29.9. The van der Waals surface area contributed by atoms with Gasteiger partial charge in [0.25, 0.3) is 0 Å². The van der Waals surface area contributed by atoms with Crippen LogP contribution in [-0.2, 0) is 10.4 Å². The van der Waals surface area contributed by atoms with E-state index in [0.29, 0.717) is 30.1 Å². The van der Waals surface area contributed by atoms with E-state index in [4.69, 9.17) is 16.3 Å². The number of anilines is 6. The van der Waals surface area contributed by atoms with Crippen LogP contribution >= 0.6 is 11.6 Å². The molecule has 3 aromatic rings. The van der Waals surface area contributed by atoms with Gasteiger partial charge in [-0.25, -0.2) is 9.37 Å². The fraction of sp³-hybridized carbons (Fsp3) is 0.296. The number of aliphatic hydroxyl groups is 1. The molecule has 1 saturated heterocycles. The lowest BCUT2D eigenvalue weighted by atomic mass is 9.93. The van der Waals surface area contributed by atoms with Crippen molar-refractivity contribution in [1.82, 2.24) is 9.97 Å². The Labute approximate surface area is 238 Å². The van der Waals surface area contributed by atoms with Gasteiger partial charge in [0.05, 0.1) is 29.2 Å². The molecule has 41 heavy (non-hydrogen) atoms. The summed E-state index contributed by atoms with van der Waals surface area (Å²) in [6.45, 7) is 5.62. The summed E-state index contributed by atoms with van der Waals surface area (Å²) in [4.78, 5) is 22.7. The van der Waals surface area contributed by atoms with E-state index >= 15 is 0 Å². The van der Waals surface area contributed by atoms with E-state index in [0.717, 1.165) is 43.8 Å². The quantitative estimate of drug-likeness (QED) is 0.170. The van der Waals surface area contributed by atoms with Crippen LogP contribution in [0.1, 0.15) is 25.3 Å². The van der Waals surface area contributed by atoms with Crippen molar-refractivity contribution in [2.24, 2.45) is 0 Å². The van der Waals surface area contributed by atoms with Gasteiger partial charge in [0.1, 0.15) is 17.4 Å². The highest BCUT2D eigenvalue weighted by Gasteiger charge is 2.52. The van der Waals surface area contributed by atoms with Crippen LogP contribution in [0.3, 0.4) is 0 Å². The molecule has 0 spiro atoms. The molecule has 0 radical (unpaired) electrons. The van der Waals surface area contributed by atoms with Gasteiger partial charge < -0.3 is 30.7 Å². The highest BCUT2D eigenvalue weighted by molar-refractivity contribution is 6.31. The van der Waals surface area contributed by atoms with Crippen molar-refractivity contribution < 1.29 is 32.2 Å². The molecule has 4 N–H and O–H groups in total. The van der Waals surface area contributed by atoms with Gasteiger partial charge in [0, 0.05) is 36.6 Å². The summed E-state index contributed by atoms with van der Waals surface area (Å²) in [5, 5.41) is 18.2. The van der Waals surface area contributed by atoms with E-state index < -0.39 is 34.1 Å². The highest BCUT2D eigenvalue weighted by Crippen LogP contribution is 2.44. The summed E-state index contributed by atoms with van der Waals surface area (Å²) < 4.78 is 60.5. The molecule has 2 aromatic carbocycles. The number of benzene rings is 2. The molecular formula is C27H27ClF4N6O3. The minimum absolute atomic E-state index is 0.0113. The lowest BCUT2D eigenvalue weighted by Gasteiger charge is -2.29. The third-order valence-electron chi connectivity index (χ3n) is 6.51. The molecule has 14 heteroatoms. The molecular weight excluding hydrogens is 568 g/mol. The van der Waals surface area contributed by atoms with E-state index in [-0.39, 0.29) is 17.5 Å². The van der Waals surface area contributed by atoms with Crippen LogP contribution in [0, 0.1) is 5.82 Å². The Morgan fingerprint density at radius 2 is 1.85 bits per heavy atom. The highest BCUT2D eigenvalue weighted by atomic mass is 35.5. The van der Waals surface area contributed by atoms with Gasteiger partial charge in [-0.2, -0.15) is 18.2 Å². The first kappa shape index (κ1) is 29.9. The van der Waals surface area contributed by atoms with E-state index in [9.17, 15) is 27.5 Å². The Kier molecular flexibility index (Phi) is 8.59. The Hall–Kier alpha value is -4.10. The molecule has 2 heterocycles. The predicted octanol–water partition coefficient (Wildman–Crippen LogP) is 6.26. The molecule has 9 nitrogen and oxygen atoms in total. The molecule has 0 saturated carbocycles. The van der Waals surface area contributed by atoms with Gasteiger partial charge in [-0.1, -0.05) is 18.2 Å². The summed E-state index contributed by atoms with van der Waals surface area (Å²) in [6, 6.07) is 6.22. The zero-order valence-corrected chi connectivity index (χ0v) is 22.8. The topological polar surface area (TPSA) is 112 Å². The lowest BCUT2D eigenvalue weighted by Crippen LogP contribution is -2.39. The standard InChI is InChI=1S/C27H27ClF4N6O3/c1-4-24(39)35-19-13-20(22(41-3)14-21(19)38-9-5-6-10-38)36-25-33-8-7-23(37-25)34-18-12-16(28)17(29)11-15(18)26(2,40)27(30,31)32/h4,7-8,11-14,40H,1,5-6,9-10H2,2-3H3,(H,35,39)(H2,33,34,36,37). The normalized spacial score (nSPS) is 14.8. The van der Waals surface area contributed by atoms with Crippen molar-refractivity contribution in [2.45, 2.75) is 31.5 Å². The molecule has 1 amide bonds. The van der Waals surface area contributed by atoms with E-state index in [1.807, 2.05) is 0 Å². The largest absolute Gasteiger partial charge is 0.494 e. The van der Waals surface area contributed by atoms with Crippen molar-refractivity contribution in [3.8, 4) is 5.75 Å². The summed E-state index contributed by atoms with van der Waals surface area (Å²) in [6.07, 6.45) is -0.627. The molecule has 0 bridgehead atoms. The van der Waals surface area contributed by atoms with Crippen LogP contribution < -0.4 is 25.6 Å². The number of methoxy groups -OCH3 is 1. The average Bonchev–Trinajstić information content (AvgIpc) is 3.45. The molecule has 0 aliphatic carbocycles. The monoisotopic (exact) mass is 594 g/mol. The number of nitrogens with zero attached hydrogens (tertiary/aromatic N) is 3. The second-order valence-corrected chi connectivity index (χ2v) is 9.76.